The van der Waals surface area contributed by atoms with E-state index in [-0.39, 0.29) is 22.7 Å². The highest BCUT2D eigenvalue weighted by atomic mass is 16.5. The van der Waals surface area contributed by atoms with Crippen LogP contribution in [0.2, 0.25) is 0 Å². The molecule has 0 atom stereocenters. The van der Waals surface area contributed by atoms with Gasteiger partial charge in [0.15, 0.2) is 11.2 Å². The fourth-order valence-electron chi connectivity index (χ4n) is 1.75. The van der Waals surface area contributed by atoms with Gasteiger partial charge in [-0.15, -0.1) is 5.10 Å². The molecule has 3 aromatic rings. The second-order valence-electron chi connectivity index (χ2n) is 4.03. The van der Waals surface area contributed by atoms with Gasteiger partial charge in [-0.25, -0.2) is 0 Å². The van der Waals surface area contributed by atoms with Crippen molar-refractivity contribution in [1.29, 1.82) is 0 Å². The van der Waals surface area contributed by atoms with Gasteiger partial charge in [-0.3, -0.25) is 14.9 Å². The SMILES string of the molecule is COc1ccc2c(=O)cc(C(=O)Nc3nn[nH]n3)oc2c1. The molecule has 0 saturated heterocycles. The average Bonchev–Trinajstić information content (AvgIpc) is 2.99. The Morgan fingerprint density at radius 1 is 1.38 bits per heavy atom. The first-order valence-electron chi connectivity index (χ1n) is 5.84. The van der Waals surface area contributed by atoms with Crippen molar-refractivity contribution in [2.24, 2.45) is 0 Å². The molecule has 0 bridgehead atoms. The average molecular weight is 287 g/mol. The van der Waals surface area contributed by atoms with Crippen LogP contribution in [-0.2, 0) is 0 Å². The molecule has 1 aromatic carbocycles. The summed E-state index contributed by atoms with van der Waals surface area (Å²) in [7, 11) is 1.49. The maximum absolute atomic E-state index is 12.0. The van der Waals surface area contributed by atoms with Crippen molar-refractivity contribution in [2.45, 2.75) is 0 Å². The van der Waals surface area contributed by atoms with Gasteiger partial charge in [0.2, 0.25) is 0 Å². The Hall–Kier alpha value is -3.23. The van der Waals surface area contributed by atoms with Gasteiger partial charge in [0.05, 0.1) is 12.5 Å². The standard InChI is InChI=1S/C12H9N5O4/c1-20-6-2-3-7-8(18)5-10(21-9(7)4-6)11(19)13-12-14-16-17-15-12/h2-5H,1H3,(H2,13,14,15,16,17,19). The summed E-state index contributed by atoms with van der Waals surface area (Å²) in [5.74, 6) is -0.321. The largest absolute Gasteiger partial charge is 0.497 e. The van der Waals surface area contributed by atoms with Crippen molar-refractivity contribution in [1.82, 2.24) is 20.6 Å². The van der Waals surface area contributed by atoms with Gasteiger partial charge in [-0.2, -0.15) is 5.21 Å². The van der Waals surface area contributed by atoms with E-state index >= 15 is 0 Å². The van der Waals surface area contributed by atoms with Crippen molar-refractivity contribution >= 4 is 22.8 Å². The zero-order valence-corrected chi connectivity index (χ0v) is 10.8. The number of hydrogen-bond acceptors (Lipinski definition) is 7. The number of nitrogens with one attached hydrogen (secondary N) is 2. The van der Waals surface area contributed by atoms with Crippen molar-refractivity contribution in [2.75, 3.05) is 12.4 Å². The molecule has 2 heterocycles. The predicted molar refractivity (Wildman–Crippen MR) is 71.2 cm³/mol. The zero-order valence-electron chi connectivity index (χ0n) is 10.8. The van der Waals surface area contributed by atoms with E-state index in [1.165, 1.54) is 13.2 Å². The van der Waals surface area contributed by atoms with E-state index in [1.54, 1.807) is 12.1 Å². The highest BCUT2D eigenvalue weighted by Crippen LogP contribution is 2.19. The Balaban J connectivity index is 2.02. The van der Waals surface area contributed by atoms with E-state index in [0.717, 1.165) is 6.07 Å². The number of carbonyl (C=O) groups excluding carboxylic acids is 1. The van der Waals surface area contributed by atoms with Crippen molar-refractivity contribution in [3.8, 4) is 5.75 Å². The minimum absolute atomic E-state index is 0.0200. The third-order valence-corrected chi connectivity index (χ3v) is 2.73. The lowest BCUT2D eigenvalue weighted by atomic mass is 10.2. The van der Waals surface area contributed by atoms with Crippen LogP contribution in [0.15, 0.2) is 33.5 Å². The summed E-state index contributed by atoms with van der Waals surface area (Å²) < 4.78 is 10.5. The topological polar surface area (TPSA) is 123 Å². The molecule has 106 valence electrons. The number of fused-ring (bicyclic) bond motifs is 1. The number of hydrogen-bond donors (Lipinski definition) is 2. The minimum atomic E-state index is -0.654. The minimum Gasteiger partial charge on any atom is -0.497 e. The second kappa shape index (κ2) is 5.04. The molecular formula is C12H9N5O4. The zero-order chi connectivity index (χ0) is 14.8. The van der Waals surface area contributed by atoms with Gasteiger partial charge in [0.25, 0.3) is 11.9 Å². The fourth-order valence-corrected chi connectivity index (χ4v) is 1.75. The third kappa shape index (κ3) is 2.43. The molecule has 2 N–H and O–H groups in total. The molecule has 3 rings (SSSR count). The molecule has 0 saturated carbocycles. The maximum atomic E-state index is 12.0. The summed E-state index contributed by atoms with van der Waals surface area (Å²) in [5.41, 5.74) is -0.0859. The van der Waals surface area contributed by atoms with Crippen LogP contribution in [0.4, 0.5) is 5.95 Å². The molecule has 0 unspecified atom stereocenters. The van der Waals surface area contributed by atoms with Crippen LogP contribution in [-0.4, -0.2) is 33.6 Å². The Kier molecular flexibility index (Phi) is 3.07. The van der Waals surface area contributed by atoms with Gasteiger partial charge in [0.1, 0.15) is 11.3 Å². The first-order valence-corrected chi connectivity index (χ1v) is 5.84. The van der Waals surface area contributed by atoms with Crippen molar-refractivity contribution in [3.63, 3.8) is 0 Å². The number of aromatic amines is 1. The summed E-state index contributed by atoms with van der Waals surface area (Å²) in [6.07, 6.45) is 0. The number of benzene rings is 1. The molecule has 0 spiro atoms. The number of nitrogens with zero attached hydrogens (tertiary/aromatic N) is 3. The highest BCUT2D eigenvalue weighted by molar-refractivity contribution is 6.01. The number of anilines is 1. The lowest BCUT2D eigenvalue weighted by molar-refractivity contribution is 0.0996. The first kappa shape index (κ1) is 12.8. The molecule has 0 aliphatic heterocycles. The van der Waals surface area contributed by atoms with Crippen LogP contribution in [0.25, 0.3) is 11.0 Å². The summed E-state index contributed by atoms with van der Waals surface area (Å²) in [5, 5.41) is 15.3. The normalized spacial score (nSPS) is 10.5. The van der Waals surface area contributed by atoms with Gasteiger partial charge in [-0.1, -0.05) is 5.10 Å². The molecule has 0 aliphatic carbocycles. The van der Waals surface area contributed by atoms with Gasteiger partial charge < -0.3 is 9.15 Å². The number of ether oxygens (including phenoxy) is 1. The molecule has 1 amide bonds. The predicted octanol–water partition coefficient (Wildman–Crippen LogP) is 0.567. The number of rotatable bonds is 3. The summed E-state index contributed by atoms with van der Waals surface area (Å²) in [6.45, 7) is 0. The monoisotopic (exact) mass is 287 g/mol. The van der Waals surface area contributed by atoms with Gasteiger partial charge >= 0.3 is 0 Å². The van der Waals surface area contributed by atoms with E-state index in [4.69, 9.17) is 9.15 Å². The lowest BCUT2D eigenvalue weighted by Crippen LogP contribution is -2.15. The summed E-state index contributed by atoms with van der Waals surface area (Å²) >= 11 is 0. The number of tetrazole rings is 1. The third-order valence-electron chi connectivity index (χ3n) is 2.73. The van der Waals surface area contributed by atoms with Crippen molar-refractivity contribution < 1.29 is 13.9 Å². The smallest absolute Gasteiger partial charge is 0.293 e. The van der Waals surface area contributed by atoms with E-state index < -0.39 is 5.91 Å². The van der Waals surface area contributed by atoms with Crippen LogP contribution in [0.1, 0.15) is 10.6 Å². The van der Waals surface area contributed by atoms with Crippen molar-refractivity contribution in [3.05, 3.63) is 40.2 Å². The summed E-state index contributed by atoms with van der Waals surface area (Å²) in [6, 6.07) is 5.84. The number of carbonyl (C=O) groups is 1. The molecule has 0 radical (unpaired) electrons. The highest BCUT2D eigenvalue weighted by Gasteiger charge is 2.14. The molecule has 0 aliphatic rings. The van der Waals surface area contributed by atoms with Gasteiger partial charge in [0, 0.05) is 12.1 Å². The quantitative estimate of drug-likeness (QED) is 0.721. The van der Waals surface area contributed by atoms with Crippen LogP contribution < -0.4 is 15.5 Å². The Morgan fingerprint density at radius 2 is 2.24 bits per heavy atom. The number of amides is 1. The number of H-pyrrole nitrogens is 1. The van der Waals surface area contributed by atoms with E-state index in [9.17, 15) is 9.59 Å². The van der Waals surface area contributed by atoms with Crippen LogP contribution in [0, 0.1) is 0 Å². The van der Waals surface area contributed by atoms with Gasteiger partial charge in [-0.05, 0) is 17.3 Å². The molecular weight excluding hydrogens is 278 g/mol. The van der Waals surface area contributed by atoms with Crippen LogP contribution in [0.3, 0.4) is 0 Å². The molecule has 0 fully saturated rings. The Morgan fingerprint density at radius 3 is 2.95 bits per heavy atom. The van der Waals surface area contributed by atoms with E-state index in [1.807, 2.05) is 0 Å². The molecule has 9 heteroatoms. The fraction of sp³-hybridized carbons (Fsp3) is 0.0833. The number of methoxy groups -OCH3 is 1. The van der Waals surface area contributed by atoms with Crippen LogP contribution >= 0.6 is 0 Å². The molecule has 2 aromatic heterocycles. The van der Waals surface area contributed by atoms with Crippen LogP contribution in [0.5, 0.6) is 5.75 Å². The summed E-state index contributed by atoms with van der Waals surface area (Å²) in [4.78, 5) is 23.9. The molecule has 9 nitrogen and oxygen atoms in total. The lowest BCUT2D eigenvalue weighted by Gasteiger charge is -2.04. The Bertz CT molecular complexity index is 856. The van der Waals surface area contributed by atoms with E-state index in [2.05, 4.69) is 25.9 Å². The maximum Gasteiger partial charge on any atom is 0.293 e. The first-order chi connectivity index (χ1) is 10.2. The number of aromatic nitrogens is 4. The second-order valence-corrected chi connectivity index (χ2v) is 4.03. The van der Waals surface area contributed by atoms with E-state index in [0.29, 0.717) is 11.1 Å². The molecule has 21 heavy (non-hydrogen) atoms. The Labute approximate surface area is 116 Å².